The Morgan fingerprint density at radius 1 is 1.27 bits per heavy atom. The number of fused-ring (bicyclic) bond motifs is 1. The number of phenols is 1. The van der Waals surface area contributed by atoms with Crippen molar-refractivity contribution in [3.05, 3.63) is 28.4 Å². The number of nitrogens with one attached hydrogen (secondary N) is 1. The van der Waals surface area contributed by atoms with Crippen LogP contribution in [0.2, 0.25) is 0 Å². The molecule has 1 heterocycles. The molecule has 0 unspecified atom stereocenters. The Balaban J connectivity index is 2.72. The van der Waals surface area contributed by atoms with Crippen molar-refractivity contribution in [1.82, 2.24) is 4.98 Å². The topological polar surface area (TPSA) is 36.0 Å². The first-order valence-electron chi connectivity index (χ1n) is 4.90. The molecule has 0 bridgehead atoms. The second-order valence-corrected chi connectivity index (χ2v) is 5.59. The van der Waals surface area contributed by atoms with Gasteiger partial charge in [-0.2, -0.15) is 0 Å². The van der Waals surface area contributed by atoms with Gasteiger partial charge in [-0.1, -0.05) is 20.8 Å². The fourth-order valence-electron chi connectivity index (χ4n) is 1.56. The van der Waals surface area contributed by atoms with Gasteiger partial charge >= 0.3 is 0 Å². The van der Waals surface area contributed by atoms with E-state index >= 15 is 0 Å². The van der Waals surface area contributed by atoms with Crippen LogP contribution in [0.15, 0.2) is 22.7 Å². The molecule has 0 saturated heterocycles. The van der Waals surface area contributed by atoms with Gasteiger partial charge in [-0.15, -0.1) is 0 Å². The number of halogens is 1. The molecule has 0 radical (unpaired) electrons. The van der Waals surface area contributed by atoms with Crippen LogP contribution in [-0.2, 0) is 5.41 Å². The third-order valence-corrected chi connectivity index (χ3v) is 3.36. The summed E-state index contributed by atoms with van der Waals surface area (Å²) in [4.78, 5) is 3.36. The number of hydrogen-bond donors (Lipinski definition) is 2. The van der Waals surface area contributed by atoms with Gasteiger partial charge in [-0.25, -0.2) is 0 Å². The van der Waals surface area contributed by atoms with Crippen LogP contribution in [-0.4, -0.2) is 10.1 Å². The van der Waals surface area contributed by atoms with E-state index in [1.54, 1.807) is 6.07 Å². The minimum Gasteiger partial charge on any atom is -0.507 e. The lowest BCUT2D eigenvalue weighted by Gasteiger charge is -2.15. The highest BCUT2D eigenvalue weighted by Gasteiger charge is 2.17. The fraction of sp³-hybridized carbons (Fsp3) is 0.333. The lowest BCUT2D eigenvalue weighted by molar-refractivity contribution is 0.473. The first-order chi connectivity index (χ1) is 6.89. The zero-order chi connectivity index (χ0) is 11.2. The number of aromatic hydroxyl groups is 1. The molecule has 3 heteroatoms. The Morgan fingerprint density at radius 2 is 1.93 bits per heavy atom. The molecule has 2 rings (SSSR count). The molecule has 0 aliphatic heterocycles. The summed E-state index contributed by atoms with van der Waals surface area (Å²) in [7, 11) is 0. The minimum atomic E-state index is 0.0913. The molecule has 0 aliphatic rings. The summed E-state index contributed by atoms with van der Waals surface area (Å²) < 4.78 is 0.756. The summed E-state index contributed by atoms with van der Waals surface area (Å²) >= 11 is 3.39. The van der Waals surface area contributed by atoms with E-state index in [1.165, 1.54) is 5.69 Å². The van der Waals surface area contributed by atoms with Crippen LogP contribution < -0.4 is 0 Å². The average Bonchev–Trinajstić information content (AvgIpc) is 2.55. The van der Waals surface area contributed by atoms with Crippen LogP contribution in [0.1, 0.15) is 26.5 Å². The van der Waals surface area contributed by atoms with Crippen molar-refractivity contribution < 1.29 is 5.11 Å². The third kappa shape index (κ3) is 1.76. The van der Waals surface area contributed by atoms with Crippen molar-refractivity contribution in [3.8, 4) is 5.75 Å². The summed E-state index contributed by atoms with van der Waals surface area (Å²) in [6.45, 7) is 6.47. The second-order valence-electron chi connectivity index (χ2n) is 4.79. The van der Waals surface area contributed by atoms with Crippen LogP contribution in [0.4, 0.5) is 0 Å². The molecular formula is C12H14BrNO. The van der Waals surface area contributed by atoms with Crippen LogP contribution in [0, 0.1) is 0 Å². The second kappa shape index (κ2) is 3.27. The molecule has 1 aromatic carbocycles. The van der Waals surface area contributed by atoms with Gasteiger partial charge in [0.1, 0.15) is 5.75 Å². The average molecular weight is 268 g/mol. The number of aromatic nitrogens is 1. The van der Waals surface area contributed by atoms with Crippen LogP contribution in [0.5, 0.6) is 5.75 Å². The van der Waals surface area contributed by atoms with Crippen LogP contribution >= 0.6 is 15.9 Å². The van der Waals surface area contributed by atoms with E-state index in [0.29, 0.717) is 0 Å². The molecule has 1 aromatic heterocycles. The van der Waals surface area contributed by atoms with E-state index in [1.807, 2.05) is 6.07 Å². The SMILES string of the molecule is CC(C)(C)c1cc2c(Br)c(O)ccc2[nH]1. The Morgan fingerprint density at radius 3 is 2.53 bits per heavy atom. The molecule has 0 spiro atoms. The van der Waals surface area contributed by atoms with Crippen molar-refractivity contribution in [1.29, 1.82) is 0 Å². The largest absolute Gasteiger partial charge is 0.507 e. The Hall–Kier alpha value is -0.960. The molecular weight excluding hydrogens is 254 g/mol. The van der Waals surface area contributed by atoms with Gasteiger partial charge in [0.05, 0.1) is 4.47 Å². The minimum absolute atomic E-state index is 0.0913. The van der Waals surface area contributed by atoms with Gasteiger partial charge in [0.15, 0.2) is 0 Å². The highest BCUT2D eigenvalue weighted by molar-refractivity contribution is 9.10. The smallest absolute Gasteiger partial charge is 0.130 e. The number of aromatic amines is 1. The van der Waals surface area contributed by atoms with Crippen molar-refractivity contribution in [2.75, 3.05) is 0 Å². The van der Waals surface area contributed by atoms with Gasteiger partial charge in [-0.05, 0) is 34.1 Å². The quantitative estimate of drug-likeness (QED) is 0.746. The first-order valence-corrected chi connectivity index (χ1v) is 5.69. The number of rotatable bonds is 0. The molecule has 2 aromatic rings. The van der Waals surface area contributed by atoms with Gasteiger partial charge in [0.2, 0.25) is 0 Å². The maximum atomic E-state index is 9.57. The van der Waals surface area contributed by atoms with E-state index in [0.717, 1.165) is 15.4 Å². The fourth-order valence-corrected chi connectivity index (χ4v) is 2.02. The molecule has 0 aliphatic carbocycles. The van der Waals surface area contributed by atoms with Crippen LogP contribution in [0.25, 0.3) is 10.9 Å². The molecule has 0 saturated carbocycles. The maximum absolute atomic E-state index is 9.57. The Kier molecular flexibility index (Phi) is 2.30. The standard InChI is InChI=1S/C12H14BrNO/c1-12(2,3)10-6-7-8(14-10)4-5-9(15)11(7)13/h4-6,14-15H,1-3H3. The summed E-state index contributed by atoms with van der Waals surface area (Å²) in [5, 5.41) is 10.6. The summed E-state index contributed by atoms with van der Waals surface area (Å²) in [6.07, 6.45) is 0. The summed E-state index contributed by atoms with van der Waals surface area (Å²) in [5.41, 5.74) is 2.31. The van der Waals surface area contributed by atoms with Crippen molar-refractivity contribution >= 4 is 26.8 Å². The lowest BCUT2D eigenvalue weighted by Crippen LogP contribution is -2.10. The molecule has 2 N–H and O–H groups in total. The van der Waals surface area contributed by atoms with Gasteiger partial charge in [0, 0.05) is 22.0 Å². The predicted octanol–water partition coefficient (Wildman–Crippen LogP) is 3.93. The van der Waals surface area contributed by atoms with E-state index in [2.05, 4.69) is 47.8 Å². The van der Waals surface area contributed by atoms with E-state index < -0.39 is 0 Å². The van der Waals surface area contributed by atoms with E-state index in [4.69, 9.17) is 0 Å². The number of benzene rings is 1. The number of H-pyrrole nitrogens is 1. The third-order valence-electron chi connectivity index (χ3n) is 2.53. The zero-order valence-electron chi connectivity index (χ0n) is 9.06. The number of phenolic OH excluding ortho intramolecular Hbond substituents is 1. The van der Waals surface area contributed by atoms with Crippen molar-refractivity contribution in [2.24, 2.45) is 0 Å². The lowest BCUT2D eigenvalue weighted by atomic mass is 9.92. The number of hydrogen-bond acceptors (Lipinski definition) is 1. The highest BCUT2D eigenvalue weighted by Crippen LogP contribution is 2.35. The molecule has 0 amide bonds. The summed E-state index contributed by atoms with van der Waals surface area (Å²) in [5.74, 6) is 0.280. The Bertz CT molecular complexity index is 508. The molecule has 15 heavy (non-hydrogen) atoms. The van der Waals surface area contributed by atoms with Crippen LogP contribution in [0.3, 0.4) is 0 Å². The molecule has 2 nitrogen and oxygen atoms in total. The van der Waals surface area contributed by atoms with E-state index in [9.17, 15) is 5.11 Å². The summed E-state index contributed by atoms with van der Waals surface area (Å²) in [6, 6.07) is 5.67. The zero-order valence-corrected chi connectivity index (χ0v) is 10.6. The molecule has 80 valence electrons. The molecule has 0 fully saturated rings. The normalized spacial score (nSPS) is 12.3. The first kappa shape index (κ1) is 10.6. The predicted molar refractivity (Wildman–Crippen MR) is 66.4 cm³/mol. The van der Waals surface area contributed by atoms with Gasteiger partial charge < -0.3 is 10.1 Å². The Labute approximate surface area is 97.4 Å². The highest BCUT2D eigenvalue weighted by atomic mass is 79.9. The monoisotopic (exact) mass is 267 g/mol. The van der Waals surface area contributed by atoms with E-state index in [-0.39, 0.29) is 11.2 Å². The molecule has 0 atom stereocenters. The van der Waals surface area contributed by atoms with Crippen molar-refractivity contribution in [3.63, 3.8) is 0 Å². The van der Waals surface area contributed by atoms with Gasteiger partial charge in [0.25, 0.3) is 0 Å². The van der Waals surface area contributed by atoms with Crippen molar-refractivity contribution in [2.45, 2.75) is 26.2 Å². The maximum Gasteiger partial charge on any atom is 0.130 e. The van der Waals surface area contributed by atoms with Gasteiger partial charge in [-0.3, -0.25) is 0 Å².